The van der Waals surface area contributed by atoms with E-state index in [0.29, 0.717) is 13.1 Å². The summed E-state index contributed by atoms with van der Waals surface area (Å²) in [5.41, 5.74) is 0. The third-order valence-corrected chi connectivity index (χ3v) is 4.26. The molecule has 1 saturated carbocycles. The van der Waals surface area contributed by atoms with Crippen LogP contribution < -0.4 is 10.6 Å². The van der Waals surface area contributed by atoms with E-state index in [9.17, 15) is 9.59 Å². The van der Waals surface area contributed by atoms with Crippen LogP contribution in [0.4, 0.5) is 0 Å². The van der Waals surface area contributed by atoms with Crippen LogP contribution in [0.25, 0.3) is 0 Å². The predicted octanol–water partition coefficient (Wildman–Crippen LogP) is 1.04. The van der Waals surface area contributed by atoms with Crippen LogP contribution in [0.5, 0.6) is 0 Å². The zero-order valence-corrected chi connectivity index (χ0v) is 12.3. The second-order valence-corrected chi connectivity index (χ2v) is 5.91. The molecule has 0 aromatic rings. The molecule has 5 nitrogen and oxygen atoms in total. The average molecular weight is 281 g/mol. The molecule has 0 aromatic carbocycles. The molecule has 5 heteroatoms. The number of rotatable bonds is 1. The zero-order valence-electron chi connectivity index (χ0n) is 12.3. The predicted molar refractivity (Wildman–Crippen MR) is 78.3 cm³/mol. The van der Waals surface area contributed by atoms with E-state index in [1.165, 1.54) is 19.3 Å². The lowest BCUT2D eigenvalue weighted by molar-refractivity contribution is -0.146. The first-order valence-electron chi connectivity index (χ1n) is 8.08. The highest BCUT2D eigenvalue weighted by Gasteiger charge is 2.24. The van der Waals surface area contributed by atoms with Crippen LogP contribution in [-0.2, 0) is 9.59 Å². The molecule has 1 saturated heterocycles. The van der Waals surface area contributed by atoms with Crippen molar-refractivity contribution in [1.82, 2.24) is 15.5 Å². The topological polar surface area (TPSA) is 61.4 Å². The Kier molecular flexibility index (Phi) is 6.30. The second kappa shape index (κ2) is 8.25. The fourth-order valence-corrected chi connectivity index (χ4v) is 3.04. The molecule has 2 fully saturated rings. The van der Waals surface area contributed by atoms with E-state index in [-0.39, 0.29) is 11.9 Å². The van der Waals surface area contributed by atoms with E-state index in [1.807, 2.05) is 0 Å². The smallest absolute Gasteiger partial charge is 0.311 e. The lowest BCUT2D eigenvalue weighted by Crippen LogP contribution is -2.47. The summed E-state index contributed by atoms with van der Waals surface area (Å²) in [7, 11) is 0. The Morgan fingerprint density at radius 3 is 2.35 bits per heavy atom. The molecule has 2 aliphatic rings. The first-order chi connectivity index (χ1) is 9.77. The minimum absolute atomic E-state index is 0.192. The lowest BCUT2D eigenvalue weighted by Gasteiger charge is -2.23. The van der Waals surface area contributed by atoms with Crippen LogP contribution >= 0.6 is 0 Å². The van der Waals surface area contributed by atoms with Crippen LogP contribution in [0.3, 0.4) is 0 Å². The Labute approximate surface area is 121 Å². The molecule has 0 bridgehead atoms. The van der Waals surface area contributed by atoms with Crippen LogP contribution in [0, 0.1) is 0 Å². The van der Waals surface area contributed by atoms with Gasteiger partial charge in [0.05, 0.1) is 0 Å². The van der Waals surface area contributed by atoms with Crippen molar-refractivity contribution in [2.75, 3.05) is 26.2 Å². The standard InChI is InChI=1S/C15H27N3O2/c19-14(15(20)18-11-6-9-16-10-12-18)17-13-7-4-2-1-3-5-8-13/h13,16H,1-12H2,(H,17,19). The highest BCUT2D eigenvalue weighted by molar-refractivity contribution is 6.35. The van der Waals surface area contributed by atoms with E-state index in [0.717, 1.165) is 45.2 Å². The van der Waals surface area contributed by atoms with Crippen LogP contribution in [0.2, 0.25) is 0 Å². The summed E-state index contributed by atoms with van der Waals surface area (Å²) in [6, 6.07) is 0.192. The number of amides is 2. The summed E-state index contributed by atoms with van der Waals surface area (Å²) in [5, 5.41) is 6.20. The zero-order chi connectivity index (χ0) is 14.2. The van der Waals surface area contributed by atoms with Gasteiger partial charge in [-0.1, -0.05) is 32.1 Å². The van der Waals surface area contributed by atoms with Gasteiger partial charge in [0.1, 0.15) is 0 Å². The highest BCUT2D eigenvalue weighted by Crippen LogP contribution is 2.17. The first-order valence-corrected chi connectivity index (χ1v) is 8.08. The SMILES string of the molecule is O=C(NC1CCCCCCC1)C(=O)N1CCCNCC1. The quantitative estimate of drug-likeness (QED) is 0.706. The maximum atomic E-state index is 12.2. The Morgan fingerprint density at radius 1 is 0.900 bits per heavy atom. The van der Waals surface area contributed by atoms with Crippen molar-refractivity contribution in [3.63, 3.8) is 0 Å². The summed E-state index contributed by atoms with van der Waals surface area (Å²) in [4.78, 5) is 25.9. The van der Waals surface area contributed by atoms with Crippen molar-refractivity contribution in [3.05, 3.63) is 0 Å². The van der Waals surface area contributed by atoms with E-state index in [2.05, 4.69) is 10.6 Å². The summed E-state index contributed by atoms with van der Waals surface area (Å²) in [6.07, 6.45) is 9.07. The molecule has 2 amide bonds. The molecule has 1 heterocycles. The molecule has 2 rings (SSSR count). The normalized spacial score (nSPS) is 22.5. The summed E-state index contributed by atoms with van der Waals surface area (Å²) in [6.45, 7) is 3.03. The molecule has 0 unspecified atom stereocenters. The van der Waals surface area contributed by atoms with Crippen molar-refractivity contribution in [1.29, 1.82) is 0 Å². The lowest BCUT2D eigenvalue weighted by atomic mass is 9.97. The van der Waals surface area contributed by atoms with Gasteiger partial charge in [-0.3, -0.25) is 9.59 Å². The summed E-state index contributed by atoms with van der Waals surface area (Å²) >= 11 is 0. The molecule has 2 N–H and O–H groups in total. The van der Waals surface area contributed by atoms with Crippen molar-refractivity contribution in [3.8, 4) is 0 Å². The van der Waals surface area contributed by atoms with Gasteiger partial charge in [-0.2, -0.15) is 0 Å². The van der Waals surface area contributed by atoms with E-state index in [1.54, 1.807) is 4.90 Å². The van der Waals surface area contributed by atoms with Gasteiger partial charge >= 0.3 is 11.8 Å². The fourth-order valence-electron chi connectivity index (χ4n) is 3.04. The Bertz CT molecular complexity index is 317. The number of nitrogens with one attached hydrogen (secondary N) is 2. The molecule has 114 valence electrons. The van der Waals surface area contributed by atoms with Crippen molar-refractivity contribution in [2.45, 2.75) is 57.4 Å². The molecular weight excluding hydrogens is 254 g/mol. The second-order valence-electron chi connectivity index (χ2n) is 5.91. The molecule has 1 aliphatic carbocycles. The van der Waals surface area contributed by atoms with Crippen LogP contribution in [-0.4, -0.2) is 48.9 Å². The average Bonchev–Trinajstić information content (AvgIpc) is 2.69. The number of nitrogens with zero attached hydrogens (tertiary/aromatic N) is 1. The highest BCUT2D eigenvalue weighted by atomic mass is 16.2. The third kappa shape index (κ3) is 4.78. The number of hydrogen-bond donors (Lipinski definition) is 2. The van der Waals surface area contributed by atoms with E-state index in [4.69, 9.17) is 0 Å². The summed E-state index contributed by atoms with van der Waals surface area (Å²) < 4.78 is 0. The molecule has 0 radical (unpaired) electrons. The molecular formula is C15H27N3O2. The Balaban J connectivity index is 1.81. The molecule has 0 spiro atoms. The Hall–Kier alpha value is -1.10. The Morgan fingerprint density at radius 2 is 1.60 bits per heavy atom. The van der Waals surface area contributed by atoms with E-state index < -0.39 is 5.91 Å². The van der Waals surface area contributed by atoms with Crippen molar-refractivity contribution in [2.24, 2.45) is 0 Å². The largest absolute Gasteiger partial charge is 0.345 e. The van der Waals surface area contributed by atoms with Gasteiger partial charge in [-0.25, -0.2) is 0 Å². The first kappa shape index (κ1) is 15.3. The van der Waals surface area contributed by atoms with Gasteiger partial charge in [-0.15, -0.1) is 0 Å². The maximum Gasteiger partial charge on any atom is 0.311 e. The molecule has 1 aliphatic heterocycles. The van der Waals surface area contributed by atoms with Gasteiger partial charge in [0, 0.05) is 25.7 Å². The van der Waals surface area contributed by atoms with Gasteiger partial charge in [-0.05, 0) is 25.8 Å². The van der Waals surface area contributed by atoms with E-state index >= 15 is 0 Å². The van der Waals surface area contributed by atoms with Crippen molar-refractivity contribution < 1.29 is 9.59 Å². The fraction of sp³-hybridized carbons (Fsp3) is 0.867. The van der Waals surface area contributed by atoms with Crippen LogP contribution in [0.1, 0.15) is 51.4 Å². The monoisotopic (exact) mass is 281 g/mol. The number of hydrogen-bond acceptors (Lipinski definition) is 3. The van der Waals surface area contributed by atoms with Gasteiger partial charge in [0.15, 0.2) is 0 Å². The summed E-state index contributed by atoms with van der Waals surface area (Å²) in [5.74, 6) is -0.756. The maximum absolute atomic E-state index is 12.2. The minimum atomic E-state index is -0.405. The minimum Gasteiger partial charge on any atom is -0.345 e. The van der Waals surface area contributed by atoms with Crippen molar-refractivity contribution >= 4 is 11.8 Å². The molecule has 0 atom stereocenters. The molecule has 20 heavy (non-hydrogen) atoms. The van der Waals surface area contributed by atoms with Crippen LogP contribution in [0.15, 0.2) is 0 Å². The number of carbonyl (C=O) groups is 2. The van der Waals surface area contributed by atoms with Gasteiger partial charge in [0.25, 0.3) is 0 Å². The molecule has 0 aromatic heterocycles. The number of carbonyl (C=O) groups excluding carboxylic acids is 2. The third-order valence-electron chi connectivity index (χ3n) is 4.26. The van der Waals surface area contributed by atoms with Gasteiger partial charge < -0.3 is 15.5 Å². The van der Waals surface area contributed by atoms with Gasteiger partial charge in [0.2, 0.25) is 0 Å².